The van der Waals surface area contributed by atoms with E-state index in [1.54, 1.807) is 18.2 Å². The summed E-state index contributed by atoms with van der Waals surface area (Å²) >= 11 is 3.34. The van der Waals surface area contributed by atoms with E-state index in [9.17, 15) is 18.0 Å². The average molecular weight is 382 g/mol. The number of likely N-dealkylation sites (tertiary alicyclic amines) is 1. The first-order valence-electron chi connectivity index (χ1n) is 6.56. The van der Waals surface area contributed by atoms with E-state index in [-0.39, 0.29) is 19.6 Å². The Balaban J connectivity index is 2.16. The second-order valence-corrected chi connectivity index (χ2v) is 6.10. The lowest BCUT2D eigenvalue weighted by Gasteiger charge is -2.19. The van der Waals surface area contributed by atoms with Gasteiger partial charge in [0, 0.05) is 24.1 Å². The second kappa shape index (κ2) is 6.45. The molecule has 8 heteroatoms. The van der Waals surface area contributed by atoms with Gasteiger partial charge in [0.05, 0.1) is 18.9 Å². The van der Waals surface area contributed by atoms with Crippen LogP contribution in [0.1, 0.15) is 5.56 Å². The number of benzene rings is 1. The van der Waals surface area contributed by atoms with Gasteiger partial charge < -0.3 is 9.84 Å². The molecule has 0 saturated carbocycles. The van der Waals surface area contributed by atoms with E-state index in [4.69, 9.17) is 9.84 Å². The highest BCUT2D eigenvalue weighted by molar-refractivity contribution is 9.10. The van der Waals surface area contributed by atoms with Gasteiger partial charge >= 0.3 is 12.1 Å². The average Bonchev–Trinajstić information content (AvgIpc) is 2.85. The van der Waals surface area contributed by atoms with Gasteiger partial charge in [0.15, 0.2) is 0 Å². The number of aliphatic carboxylic acids is 1. The molecule has 2 atom stereocenters. The lowest BCUT2D eigenvalue weighted by Crippen LogP contribution is -2.33. The Morgan fingerprint density at radius 1 is 1.45 bits per heavy atom. The van der Waals surface area contributed by atoms with E-state index >= 15 is 0 Å². The number of carboxylic acid groups (broad SMARTS) is 1. The number of ether oxygens (including phenoxy) is 1. The molecule has 1 saturated heterocycles. The maximum atomic E-state index is 13.0. The maximum Gasteiger partial charge on any atom is 0.393 e. The minimum Gasteiger partial charge on any atom is -0.497 e. The number of rotatable bonds is 4. The van der Waals surface area contributed by atoms with Crippen molar-refractivity contribution in [2.45, 2.75) is 12.7 Å². The van der Waals surface area contributed by atoms with Gasteiger partial charge in [0.25, 0.3) is 0 Å². The molecule has 1 aromatic rings. The molecule has 1 N–H and O–H groups in total. The second-order valence-electron chi connectivity index (χ2n) is 5.24. The zero-order valence-electron chi connectivity index (χ0n) is 11.7. The van der Waals surface area contributed by atoms with Gasteiger partial charge in [-0.05, 0) is 23.8 Å². The summed E-state index contributed by atoms with van der Waals surface area (Å²) in [5.41, 5.74) is 0.756. The predicted octanol–water partition coefficient (Wildman–Crippen LogP) is 3.15. The van der Waals surface area contributed by atoms with Gasteiger partial charge in [0.2, 0.25) is 0 Å². The van der Waals surface area contributed by atoms with Crippen LogP contribution in [0.15, 0.2) is 22.7 Å². The SMILES string of the molecule is COc1ccc(Br)c(CN2C[C@@H](C(F)(F)F)[C@H](C(=O)O)C2)c1. The lowest BCUT2D eigenvalue weighted by atomic mass is 9.96. The van der Waals surface area contributed by atoms with Crippen molar-refractivity contribution < 1.29 is 27.8 Å². The zero-order chi connectivity index (χ0) is 16.5. The van der Waals surface area contributed by atoms with Crippen molar-refractivity contribution in [3.63, 3.8) is 0 Å². The number of carbonyl (C=O) groups is 1. The minimum atomic E-state index is -4.51. The molecule has 122 valence electrons. The Labute approximate surface area is 134 Å². The van der Waals surface area contributed by atoms with E-state index in [0.717, 1.165) is 10.0 Å². The molecule has 0 bridgehead atoms. The summed E-state index contributed by atoms with van der Waals surface area (Å²) in [7, 11) is 1.50. The van der Waals surface area contributed by atoms with Crippen LogP contribution in [0.5, 0.6) is 5.75 Å². The molecule has 1 aromatic carbocycles. The fraction of sp³-hybridized carbons (Fsp3) is 0.500. The van der Waals surface area contributed by atoms with Gasteiger partial charge in [-0.15, -0.1) is 0 Å². The molecule has 22 heavy (non-hydrogen) atoms. The highest BCUT2D eigenvalue weighted by Crippen LogP contribution is 2.38. The molecular formula is C14H15BrF3NO3. The molecule has 1 aliphatic rings. The number of methoxy groups -OCH3 is 1. The van der Waals surface area contributed by atoms with Gasteiger partial charge in [-0.1, -0.05) is 15.9 Å². The monoisotopic (exact) mass is 381 g/mol. The summed E-state index contributed by atoms with van der Waals surface area (Å²) in [6.07, 6.45) is -4.51. The van der Waals surface area contributed by atoms with Crippen molar-refractivity contribution in [1.29, 1.82) is 0 Å². The van der Waals surface area contributed by atoms with E-state index in [0.29, 0.717) is 5.75 Å². The molecule has 0 radical (unpaired) electrons. The largest absolute Gasteiger partial charge is 0.497 e. The summed E-state index contributed by atoms with van der Waals surface area (Å²) in [5, 5.41) is 9.01. The third kappa shape index (κ3) is 3.73. The van der Waals surface area contributed by atoms with E-state index in [2.05, 4.69) is 15.9 Å². The fourth-order valence-electron chi connectivity index (χ4n) is 2.64. The molecule has 0 amide bonds. The van der Waals surface area contributed by atoms with Gasteiger partial charge in [0.1, 0.15) is 5.75 Å². The van der Waals surface area contributed by atoms with Crippen LogP contribution in [0.2, 0.25) is 0 Å². The first kappa shape index (κ1) is 17.1. The smallest absolute Gasteiger partial charge is 0.393 e. The van der Waals surface area contributed by atoms with Crippen molar-refractivity contribution in [2.75, 3.05) is 20.2 Å². The normalized spacial score (nSPS) is 22.8. The van der Waals surface area contributed by atoms with Crippen LogP contribution in [0, 0.1) is 11.8 Å². The Kier molecular flexibility index (Phi) is 5.01. The number of halogens is 4. The van der Waals surface area contributed by atoms with E-state index in [1.165, 1.54) is 12.0 Å². The summed E-state index contributed by atoms with van der Waals surface area (Å²) < 4.78 is 44.7. The molecule has 0 aromatic heterocycles. The van der Waals surface area contributed by atoms with Crippen LogP contribution >= 0.6 is 15.9 Å². The molecule has 0 unspecified atom stereocenters. The van der Waals surface area contributed by atoms with Gasteiger partial charge in [-0.3, -0.25) is 9.69 Å². The van der Waals surface area contributed by atoms with Crippen molar-refractivity contribution in [3.8, 4) is 5.75 Å². The van der Waals surface area contributed by atoms with Gasteiger partial charge in [-0.25, -0.2) is 0 Å². The minimum absolute atomic E-state index is 0.122. The molecular weight excluding hydrogens is 367 g/mol. The predicted molar refractivity (Wildman–Crippen MR) is 76.6 cm³/mol. The zero-order valence-corrected chi connectivity index (χ0v) is 13.3. The number of carboxylic acids is 1. The number of hydrogen-bond donors (Lipinski definition) is 1. The Bertz CT molecular complexity index is 565. The fourth-order valence-corrected chi connectivity index (χ4v) is 3.01. The summed E-state index contributed by atoms with van der Waals surface area (Å²) in [6, 6.07) is 5.21. The third-order valence-electron chi connectivity index (χ3n) is 3.78. The Morgan fingerprint density at radius 2 is 2.14 bits per heavy atom. The Morgan fingerprint density at radius 3 is 2.64 bits per heavy atom. The molecule has 2 rings (SSSR count). The topological polar surface area (TPSA) is 49.8 Å². The molecule has 0 aliphatic carbocycles. The van der Waals surface area contributed by atoms with Crippen LogP contribution in [0.3, 0.4) is 0 Å². The van der Waals surface area contributed by atoms with Gasteiger partial charge in [-0.2, -0.15) is 13.2 Å². The van der Waals surface area contributed by atoms with Crippen LogP contribution in [-0.4, -0.2) is 42.4 Å². The summed E-state index contributed by atoms with van der Waals surface area (Å²) in [4.78, 5) is 12.6. The van der Waals surface area contributed by atoms with Crippen LogP contribution in [0.4, 0.5) is 13.2 Å². The lowest BCUT2D eigenvalue weighted by molar-refractivity contribution is -0.188. The summed E-state index contributed by atoms with van der Waals surface area (Å²) in [6.45, 7) is -0.207. The molecule has 0 spiro atoms. The number of nitrogens with zero attached hydrogens (tertiary/aromatic N) is 1. The van der Waals surface area contributed by atoms with E-state index < -0.39 is 24.0 Å². The highest BCUT2D eigenvalue weighted by atomic mass is 79.9. The number of alkyl halides is 3. The van der Waals surface area contributed by atoms with Crippen LogP contribution in [-0.2, 0) is 11.3 Å². The quantitative estimate of drug-likeness (QED) is 0.870. The van der Waals surface area contributed by atoms with Crippen LogP contribution in [0.25, 0.3) is 0 Å². The first-order valence-corrected chi connectivity index (χ1v) is 7.36. The maximum absolute atomic E-state index is 13.0. The van der Waals surface area contributed by atoms with Crippen molar-refractivity contribution in [3.05, 3.63) is 28.2 Å². The molecule has 1 heterocycles. The molecule has 1 fully saturated rings. The number of hydrogen-bond acceptors (Lipinski definition) is 3. The van der Waals surface area contributed by atoms with Crippen LogP contribution < -0.4 is 4.74 Å². The highest BCUT2D eigenvalue weighted by Gasteiger charge is 2.52. The van der Waals surface area contributed by atoms with Crippen molar-refractivity contribution in [2.24, 2.45) is 11.8 Å². The molecule has 4 nitrogen and oxygen atoms in total. The first-order chi connectivity index (χ1) is 10.2. The van der Waals surface area contributed by atoms with Crippen molar-refractivity contribution >= 4 is 21.9 Å². The van der Waals surface area contributed by atoms with Crippen molar-refractivity contribution in [1.82, 2.24) is 4.90 Å². The standard InChI is InChI=1S/C14H15BrF3NO3/c1-22-9-2-3-12(15)8(4-9)5-19-6-10(13(20)21)11(7-19)14(16,17)18/h2-4,10-11H,5-7H2,1H3,(H,20,21)/t10-,11-/m1/s1. The Hall–Kier alpha value is -1.28. The summed E-state index contributed by atoms with van der Waals surface area (Å²) in [5.74, 6) is -4.08. The van der Waals surface area contributed by atoms with E-state index in [1.807, 2.05) is 0 Å². The molecule has 1 aliphatic heterocycles. The third-order valence-corrected chi connectivity index (χ3v) is 4.55.